The van der Waals surface area contributed by atoms with E-state index in [2.05, 4.69) is 0 Å². The number of hydrogen-bond donors (Lipinski definition) is 0. The van der Waals surface area contributed by atoms with Crippen LogP contribution in [0.15, 0.2) is 18.2 Å². The van der Waals surface area contributed by atoms with Gasteiger partial charge in [0.15, 0.2) is 11.6 Å². The third-order valence-electron chi connectivity index (χ3n) is 1.95. The van der Waals surface area contributed by atoms with E-state index in [-0.39, 0.29) is 18.8 Å². The highest BCUT2D eigenvalue weighted by atomic mass is 19.4. The Morgan fingerprint density at radius 1 is 1.25 bits per heavy atom. The van der Waals surface area contributed by atoms with Gasteiger partial charge in [-0.3, -0.25) is 0 Å². The van der Waals surface area contributed by atoms with Gasteiger partial charge in [0, 0.05) is 6.42 Å². The first-order chi connectivity index (χ1) is 7.38. The maximum Gasteiger partial charge on any atom is 0.389 e. The van der Waals surface area contributed by atoms with E-state index in [0.717, 1.165) is 5.46 Å². The van der Waals surface area contributed by atoms with Crippen molar-refractivity contribution in [3.63, 3.8) is 0 Å². The van der Waals surface area contributed by atoms with Crippen LogP contribution >= 0.6 is 0 Å². The molecule has 0 aliphatic rings. The van der Waals surface area contributed by atoms with Gasteiger partial charge in [-0.1, -0.05) is 11.5 Å². The molecule has 0 heterocycles. The lowest BCUT2D eigenvalue weighted by Crippen LogP contribution is -2.11. The van der Waals surface area contributed by atoms with E-state index in [1.165, 1.54) is 12.1 Å². The highest BCUT2D eigenvalue weighted by Gasteiger charge is 2.26. The molecule has 0 aromatic heterocycles. The Balaban J connectivity index is 2.40. The Morgan fingerprint density at radius 2 is 1.94 bits per heavy atom. The van der Waals surface area contributed by atoms with E-state index in [9.17, 15) is 17.6 Å². The van der Waals surface area contributed by atoms with Gasteiger partial charge in [0.25, 0.3) is 0 Å². The Morgan fingerprint density at radius 3 is 2.56 bits per heavy atom. The van der Waals surface area contributed by atoms with Crippen molar-refractivity contribution >= 4 is 13.3 Å². The minimum absolute atomic E-state index is 0.00201. The molecule has 0 fully saturated rings. The molecule has 0 aliphatic heterocycles. The largest absolute Gasteiger partial charge is 0.491 e. The Kier molecular flexibility index (Phi) is 4.21. The molecule has 1 rings (SSSR count). The number of hydrogen-bond acceptors (Lipinski definition) is 1. The molecular weight excluding hydrogens is 223 g/mol. The van der Waals surface area contributed by atoms with Crippen LogP contribution in [0.25, 0.3) is 0 Å². The molecule has 6 heteroatoms. The summed E-state index contributed by atoms with van der Waals surface area (Å²) in [5.74, 6) is -0.556. The minimum Gasteiger partial charge on any atom is -0.491 e. The van der Waals surface area contributed by atoms with Gasteiger partial charge in [0.2, 0.25) is 0 Å². The molecule has 0 radical (unpaired) electrons. The predicted molar refractivity (Wildman–Crippen MR) is 55.4 cm³/mol. The molecule has 0 saturated carbocycles. The quantitative estimate of drug-likeness (QED) is 0.438. The number of alkyl halides is 3. The fourth-order valence-corrected chi connectivity index (χ4v) is 1.18. The standard InChI is InChI=1S/C10H11BF4O/c11-7-2-3-8(12)9(6-7)16-5-1-4-10(13,14)15/h2-3,6H,1,4-5,11H2. The summed E-state index contributed by atoms with van der Waals surface area (Å²) < 4.78 is 53.4. The fourth-order valence-electron chi connectivity index (χ4n) is 1.18. The van der Waals surface area contributed by atoms with Crippen molar-refractivity contribution in [2.75, 3.05) is 6.61 Å². The van der Waals surface area contributed by atoms with Crippen LogP contribution < -0.4 is 10.2 Å². The highest BCUT2D eigenvalue weighted by Crippen LogP contribution is 2.22. The molecule has 0 spiro atoms. The molecule has 1 aromatic carbocycles. The van der Waals surface area contributed by atoms with Gasteiger partial charge in [-0.2, -0.15) is 13.2 Å². The molecule has 16 heavy (non-hydrogen) atoms. The summed E-state index contributed by atoms with van der Waals surface area (Å²) in [7, 11) is 1.75. The summed E-state index contributed by atoms with van der Waals surface area (Å²) in [5, 5.41) is 0. The van der Waals surface area contributed by atoms with Gasteiger partial charge >= 0.3 is 6.18 Å². The molecular formula is C10H11BF4O. The van der Waals surface area contributed by atoms with Crippen LogP contribution in [0.5, 0.6) is 5.75 Å². The van der Waals surface area contributed by atoms with E-state index < -0.39 is 18.4 Å². The first-order valence-electron chi connectivity index (χ1n) is 4.84. The third kappa shape index (κ3) is 4.55. The molecule has 0 aliphatic carbocycles. The molecule has 88 valence electrons. The first-order valence-corrected chi connectivity index (χ1v) is 4.84. The summed E-state index contributed by atoms with van der Waals surface area (Å²) in [5.41, 5.74) is 0.798. The molecule has 0 saturated heterocycles. The second kappa shape index (κ2) is 5.23. The van der Waals surface area contributed by atoms with Crippen molar-refractivity contribution in [3.8, 4) is 5.75 Å². The monoisotopic (exact) mass is 234 g/mol. The lowest BCUT2D eigenvalue weighted by Gasteiger charge is -2.09. The van der Waals surface area contributed by atoms with Crippen LogP contribution in [-0.4, -0.2) is 20.6 Å². The van der Waals surface area contributed by atoms with Crippen molar-refractivity contribution < 1.29 is 22.3 Å². The molecule has 0 atom stereocenters. The summed E-state index contributed by atoms with van der Waals surface area (Å²) in [6.07, 6.45) is -5.27. The summed E-state index contributed by atoms with van der Waals surface area (Å²) in [6, 6.07) is 4.26. The van der Waals surface area contributed by atoms with Crippen molar-refractivity contribution in [2.45, 2.75) is 19.0 Å². The summed E-state index contributed by atoms with van der Waals surface area (Å²) >= 11 is 0. The lowest BCUT2D eigenvalue weighted by molar-refractivity contribution is -0.136. The van der Waals surface area contributed by atoms with Gasteiger partial charge < -0.3 is 4.74 Å². The minimum atomic E-state index is -4.19. The molecule has 0 amide bonds. The van der Waals surface area contributed by atoms with E-state index >= 15 is 0 Å². The lowest BCUT2D eigenvalue weighted by atomic mass is 9.96. The zero-order valence-corrected chi connectivity index (χ0v) is 8.77. The van der Waals surface area contributed by atoms with Crippen LogP contribution in [0.2, 0.25) is 0 Å². The van der Waals surface area contributed by atoms with Gasteiger partial charge in [-0.15, -0.1) is 0 Å². The molecule has 1 aromatic rings. The smallest absolute Gasteiger partial charge is 0.389 e. The second-order valence-corrected chi connectivity index (χ2v) is 3.50. The van der Waals surface area contributed by atoms with E-state index in [0.29, 0.717) is 0 Å². The maximum absolute atomic E-state index is 13.1. The Hall–Kier alpha value is -1.20. The zero-order chi connectivity index (χ0) is 12.2. The van der Waals surface area contributed by atoms with Crippen LogP contribution in [0, 0.1) is 5.82 Å². The van der Waals surface area contributed by atoms with Gasteiger partial charge in [0.1, 0.15) is 7.85 Å². The van der Waals surface area contributed by atoms with Crippen molar-refractivity contribution in [1.29, 1.82) is 0 Å². The van der Waals surface area contributed by atoms with Gasteiger partial charge in [-0.05, 0) is 18.6 Å². The average molecular weight is 234 g/mol. The molecule has 1 nitrogen and oxygen atoms in total. The second-order valence-electron chi connectivity index (χ2n) is 3.50. The highest BCUT2D eigenvalue weighted by molar-refractivity contribution is 6.32. The van der Waals surface area contributed by atoms with E-state index in [1.807, 2.05) is 0 Å². The summed E-state index contributed by atoms with van der Waals surface area (Å²) in [4.78, 5) is 0. The van der Waals surface area contributed by atoms with Crippen LogP contribution in [0.3, 0.4) is 0 Å². The number of benzene rings is 1. The third-order valence-corrected chi connectivity index (χ3v) is 1.95. The Labute approximate surface area is 91.8 Å². The van der Waals surface area contributed by atoms with Crippen molar-refractivity contribution in [3.05, 3.63) is 24.0 Å². The zero-order valence-electron chi connectivity index (χ0n) is 8.77. The molecule has 0 bridgehead atoms. The van der Waals surface area contributed by atoms with Crippen LogP contribution in [0.1, 0.15) is 12.8 Å². The van der Waals surface area contributed by atoms with Gasteiger partial charge in [-0.25, -0.2) is 4.39 Å². The average Bonchev–Trinajstić information content (AvgIpc) is 2.16. The molecule has 0 unspecified atom stereocenters. The number of halogens is 4. The predicted octanol–water partition coefficient (Wildman–Crippen LogP) is 1.81. The Bertz CT molecular complexity index is 351. The maximum atomic E-state index is 13.1. The molecule has 0 N–H and O–H groups in total. The van der Waals surface area contributed by atoms with Crippen molar-refractivity contribution in [1.82, 2.24) is 0 Å². The van der Waals surface area contributed by atoms with Crippen LogP contribution in [-0.2, 0) is 0 Å². The first kappa shape index (κ1) is 12.9. The SMILES string of the molecule is Bc1ccc(F)c(OCCCC(F)(F)F)c1. The van der Waals surface area contributed by atoms with Crippen LogP contribution in [0.4, 0.5) is 17.6 Å². The number of ether oxygens (including phenoxy) is 1. The van der Waals surface area contributed by atoms with E-state index in [4.69, 9.17) is 4.74 Å². The fraction of sp³-hybridized carbons (Fsp3) is 0.400. The number of rotatable bonds is 4. The normalized spacial score (nSPS) is 11.5. The van der Waals surface area contributed by atoms with Crippen molar-refractivity contribution in [2.24, 2.45) is 0 Å². The van der Waals surface area contributed by atoms with E-state index in [1.54, 1.807) is 13.9 Å². The topological polar surface area (TPSA) is 9.23 Å². The van der Waals surface area contributed by atoms with Gasteiger partial charge in [0.05, 0.1) is 6.61 Å². The summed E-state index contributed by atoms with van der Waals surface area (Å²) in [6.45, 7) is -0.139.